The third-order valence-electron chi connectivity index (χ3n) is 6.02. The van der Waals surface area contributed by atoms with Crippen LogP contribution in [0.1, 0.15) is 51.2 Å². The Kier molecular flexibility index (Phi) is 9.26. The molecule has 0 aliphatic heterocycles. The maximum atomic E-state index is 12.3. The van der Waals surface area contributed by atoms with E-state index in [1.54, 1.807) is 6.08 Å². The maximum Gasteiger partial charge on any atom is 0.192 e. The molecule has 2 aromatic rings. The molecule has 4 heteroatoms. The third kappa shape index (κ3) is 8.46. The summed E-state index contributed by atoms with van der Waals surface area (Å²) in [6, 6.07) is 18.4. The van der Waals surface area contributed by atoms with Gasteiger partial charge in [-0.05, 0) is 54.2 Å². The van der Waals surface area contributed by atoms with E-state index < -0.39 is 8.32 Å². The average molecular weight is 439 g/mol. The molecule has 0 heterocycles. The zero-order chi connectivity index (χ0) is 22.9. The van der Waals surface area contributed by atoms with E-state index >= 15 is 0 Å². The van der Waals surface area contributed by atoms with Crippen LogP contribution in [0.25, 0.3) is 0 Å². The topological polar surface area (TPSA) is 35.5 Å². The first-order valence-corrected chi connectivity index (χ1v) is 14.1. The van der Waals surface area contributed by atoms with E-state index in [0.29, 0.717) is 19.4 Å². The molecular weight excluding hydrogens is 400 g/mol. The number of ether oxygens (including phenoxy) is 1. The van der Waals surface area contributed by atoms with Crippen LogP contribution in [0.3, 0.4) is 0 Å². The molecule has 0 aliphatic carbocycles. The number of hydrogen-bond donors (Lipinski definition) is 0. The summed E-state index contributed by atoms with van der Waals surface area (Å²) in [6.07, 6.45) is 4.20. The Bertz CT molecular complexity index is 820. The second kappa shape index (κ2) is 11.4. The largest absolute Gasteiger partial charge is 0.489 e. The fraction of sp³-hybridized carbons (Fsp3) is 0.444. The van der Waals surface area contributed by atoms with Gasteiger partial charge >= 0.3 is 0 Å². The number of carbonyl (C=O) groups is 1. The molecule has 0 saturated carbocycles. The first-order chi connectivity index (χ1) is 14.6. The molecule has 0 bridgehead atoms. The van der Waals surface area contributed by atoms with Gasteiger partial charge in [0.05, 0.1) is 6.10 Å². The van der Waals surface area contributed by atoms with Crippen molar-refractivity contribution in [3.8, 4) is 5.75 Å². The molecule has 0 radical (unpaired) electrons. The molecule has 0 spiro atoms. The molecule has 2 aromatic carbocycles. The zero-order valence-corrected chi connectivity index (χ0v) is 20.8. The molecule has 0 unspecified atom stereocenters. The lowest BCUT2D eigenvalue weighted by Gasteiger charge is -2.39. The van der Waals surface area contributed by atoms with E-state index in [2.05, 4.69) is 64.7 Å². The number of rotatable bonds is 12. The van der Waals surface area contributed by atoms with Gasteiger partial charge in [0.2, 0.25) is 0 Å². The lowest BCUT2D eigenvalue weighted by Crippen LogP contribution is -2.44. The van der Waals surface area contributed by atoms with Gasteiger partial charge in [-0.25, -0.2) is 0 Å². The lowest BCUT2D eigenvalue weighted by molar-refractivity contribution is -0.120. The number of ketones is 1. The predicted octanol–water partition coefficient (Wildman–Crippen LogP) is 7.12. The molecule has 0 fully saturated rings. The van der Waals surface area contributed by atoms with Crippen molar-refractivity contribution in [2.75, 3.05) is 0 Å². The number of aryl methyl sites for hydroxylation is 1. The molecule has 0 N–H and O–H groups in total. The molecule has 1 atom stereocenters. The lowest BCUT2D eigenvalue weighted by atomic mass is 10.0. The molecule has 31 heavy (non-hydrogen) atoms. The van der Waals surface area contributed by atoms with Crippen LogP contribution in [0.15, 0.2) is 67.3 Å². The number of carbonyl (C=O) groups excluding carboxylic acids is 1. The van der Waals surface area contributed by atoms with Crippen molar-refractivity contribution in [3.63, 3.8) is 0 Å². The number of benzene rings is 2. The van der Waals surface area contributed by atoms with E-state index in [0.717, 1.165) is 24.2 Å². The van der Waals surface area contributed by atoms with Crippen molar-refractivity contribution >= 4 is 14.1 Å². The van der Waals surface area contributed by atoms with Gasteiger partial charge in [-0.3, -0.25) is 4.79 Å². The Hall–Kier alpha value is -2.17. The van der Waals surface area contributed by atoms with Crippen LogP contribution in [-0.4, -0.2) is 20.2 Å². The first kappa shape index (κ1) is 25.1. The fourth-order valence-electron chi connectivity index (χ4n) is 3.12. The van der Waals surface area contributed by atoms with E-state index in [1.807, 2.05) is 30.3 Å². The quantitative estimate of drug-likeness (QED) is 0.261. The Morgan fingerprint density at radius 2 is 1.68 bits per heavy atom. The molecule has 0 aliphatic rings. The summed E-state index contributed by atoms with van der Waals surface area (Å²) in [4.78, 5) is 12.3. The van der Waals surface area contributed by atoms with Crippen LogP contribution in [-0.2, 0) is 22.2 Å². The molecule has 0 saturated heterocycles. The van der Waals surface area contributed by atoms with Gasteiger partial charge in [-0.15, -0.1) is 6.58 Å². The van der Waals surface area contributed by atoms with Crippen LogP contribution in [0.2, 0.25) is 18.1 Å². The fourth-order valence-corrected chi connectivity index (χ4v) is 4.50. The van der Waals surface area contributed by atoms with Gasteiger partial charge in [0.1, 0.15) is 18.1 Å². The van der Waals surface area contributed by atoms with Crippen LogP contribution in [0.5, 0.6) is 5.75 Å². The third-order valence-corrected chi connectivity index (χ3v) is 10.6. The number of hydrogen-bond acceptors (Lipinski definition) is 3. The standard InChI is InChI=1S/C27H38O3Si/c1-7-11-24(28)20-26(30-31(5,6)27(2,3)4)19-16-22-14-17-25(18-15-22)29-21-23-12-9-8-10-13-23/h7-10,12-15,17-18,26H,1,11,16,19-21H2,2-6H3/t26-/m0/s1. The summed E-state index contributed by atoms with van der Waals surface area (Å²) < 4.78 is 12.5. The summed E-state index contributed by atoms with van der Waals surface area (Å²) in [7, 11) is -1.95. The second-order valence-corrected chi connectivity index (χ2v) is 14.4. The van der Waals surface area contributed by atoms with Crippen LogP contribution in [0, 0.1) is 0 Å². The highest BCUT2D eigenvalue weighted by Gasteiger charge is 2.39. The predicted molar refractivity (Wildman–Crippen MR) is 132 cm³/mol. The maximum absolute atomic E-state index is 12.3. The van der Waals surface area contributed by atoms with Crippen molar-refractivity contribution in [2.45, 2.75) is 77.3 Å². The summed E-state index contributed by atoms with van der Waals surface area (Å²) in [5, 5.41) is 0.116. The Labute approximate surface area is 189 Å². The van der Waals surface area contributed by atoms with E-state index in [4.69, 9.17) is 9.16 Å². The number of allylic oxidation sites excluding steroid dienone is 1. The van der Waals surface area contributed by atoms with Crippen molar-refractivity contribution < 1.29 is 14.0 Å². The van der Waals surface area contributed by atoms with Gasteiger partial charge in [0.15, 0.2) is 8.32 Å². The molecule has 3 nitrogen and oxygen atoms in total. The number of Topliss-reactive ketones (excluding diaryl/α,β-unsaturated/α-hetero) is 1. The Morgan fingerprint density at radius 1 is 1.03 bits per heavy atom. The SMILES string of the molecule is C=CCC(=O)C[C@H](CCc1ccc(OCc2ccccc2)cc1)O[Si](C)(C)C(C)(C)C. The smallest absolute Gasteiger partial charge is 0.192 e. The second-order valence-electron chi connectivity index (χ2n) is 9.69. The summed E-state index contributed by atoms with van der Waals surface area (Å²) in [5.41, 5.74) is 2.38. The van der Waals surface area contributed by atoms with Crippen molar-refractivity contribution in [1.82, 2.24) is 0 Å². The highest BCUT2D eigenvalue weighted by atomic mass is 28.4. The van der Waals surface area contributed by atoms with Gasteiger partial charge in [0, 0.05) is 12.8 Å². The highest BCUT2D eigenvalue weighted by molar-refractivity contribution is 6.74. The molecule has 168 valence electrons. The van der Waals surface area contributed by atoms with Gasteiger partial charge < -0.3 is 9.16 Å². The van der Waals surface area contributed by atoms with E-state index in [-0.39, 0.29) is 16.9 Å². The van der Waals surface area contributed by atoms with Crippen LogP contribution < -0.4 is 4.74 Å². The molecule has 0 aromatic heterocycles. The molecular formula is C27H38O3Si. The minimum atomic E-state index is -1.95. The molecule has 2 rings (SSSR count). The Balaban J connectivity index is 1.96. The highest BCUT2D eigenvalue weighted by Crippen LogP contribution is 2.38. The van der Waals surface area contributed by atoms with Crippen molar-refractivity contribution in [1.29, 1.82) is 0 Å². The van der Waals surface area contributed by atoms with Gasteiger partial charge in [-0.2, -0.15) is 0 Å². The van der Waals surface area contributed by atoms with Crippen LogP contribution in [0.4, 0.5) is 0 Å². The summed E-state index contributed by atoms with van der Waals surface area (Å²) in [5.74, 6) is 1.06. The molecule has 0 amide bonds. The van der Waals surface area contributed by atoms with Crippen molar-refractivity contribution in [2.24, 2.45) is 0 Å². The minimum Gasteiger partial charge on any atom is -0.489 e. The zero-order valence-electron chi connectivity index (χ0n) is 19.8. The Morgan fingerprint density at radius 3 is 2.26 bits per heavy atom. The summed E-state index contributed by atoms with van der Waals surface area (Å²) in [6.45, 7) is 15.4. The van der Waals surface area contributed by atoms with Gasteiger partial charge in [0.25, 0.3) is 0 Å². The monoisotopic (exact) mass is 438 g/mol. The summed E-state index contributed by atoms with van der Waals surface area (Å²) >= 11 is 0. The van der Waals surface area contributed by atoms with E-state index in [9.17, 15) is 4.79 Å². The van der Waals surface area contributed by atoms with Crippen LogP contribution >= 0.6 is 0 Å². The van der Waals surface area contributed by atoms with Crippen molar-refractivity contribution in [3.05, 3.63) is 78.4 Å². The van der Waals surface area contributed by atoms with Gasteiger partial charge in [-0.1, -0.05) is 69.3 Å². The minimum absolute atomic E-state index is 0.0534. The first-order valence-electron chi connectivity index (χ1n) is 11.2. The average Bonchev–Trinajstić information content (AvgIpc) is 2.71. The van der Waals surface area contributed by atoms with E-state index in [1.165, 1.54) is 5.56 Å². The normalized spacial score (nSPS) is 12.9.